The van der Waals surface area contributed by atoms with Gasteiger partial charge in [-0.1, -0.05) is 23.7 Å². The van der Waals surface area contributed by atoms with E-state index in [1.54, 1.807) is 6.92 Å². The van der Waals surface area contributed by atoms with Crippen LogP contribution in [0.5, 0.6) is 0 Å². The maximum Gasteiger partial charge on any atom is 0.0684 e. The van der Waals surface area contributed by atoms with Gasteiger partial charge in [-0.05, 0) is 25.5 Å². The average Bonchev–Trinajstić information content (AvgIpc) is 2.03. The van der Waals surface area contributed by atoms with Gasteiger partial charge in [0.2, 0.25) is 0 Å². The topological polar surface area (TPSA) is 32.3 Å². The summed E-state index contributed by atoms with van der Waals surface area (Å²) in [5.74, 6) is 0. The van der Waals surface area contributed by atoms with Gasteiger partial charge in [-0.15, -0.1) is 0 Å². The van der Waals surface area contributed by atoms with Crippen LogP contribution in [0.3, 0.4) is 0 Å². The van der Waals surface area contributed by atoms with Crippen LogP contribution in [0.2, 0.25) is 5.02 Å². The fourth-order valence-corrected chi connectivity index (χ4v) is 1.39. The van der Waals surface area contributed by atoms with Gasteiger partial charge in [0, 0.05) is 6.54 Å². The summed E-state index contributed by atoms with van der Waals surface area (Å²) in [6.07, 6.45) is -0.365. The number of aliphatic hydroxyl groups is 1. The number of benzene rings is 1. The van der Waals surface area contributed by atoms with Crippen LogP contribution in [0.1, 0.15) is 12.5 Å². The van der Waals surface area contributed by atoms with Gasteiger partial charge in [-0.3, -0.25) is 0 Å². The van der Waals surface area contributed by atoms with Gasteiger partial charge < -0.3 is 10.4 Å². The van der Waals surface area contributed by atoms with E-state index in [2.05, 4.69) is 5.32 Å². The zero-order valence-electron chi connectivity index (χ0n) is 7.84. The molecule has 2 N–H and O–H groups in total. The number of nitrogens with one attached hydrogen (secondary N) is 1. The van der Waals surface area contributed by atoms with Crippen molar-refractivity contribution in [2.24, 2.45) is 0 Å². The number of hydrogen-bond acceptors (Lipinski definition) is 2. The highest BCUT2D eigenvalue weighted by Crippen LogP contribution is 2.24. The van der Waals surface area contributed by atoms with Crippen molar-refractivity contribution in [2.45, 2.75) is 20.0 Å². The molecule has 1 aromatic carbocycles. The van der Waals surface area contributed by atoms with Crippen molar-refractivity contribution in [2.75, 3.05) is 11.9 Å². The number of aryl methyl sites for hydroxylation is 1. The van der Waals surface area contributed by atoms with Gasteiger partial charge in [0.25, 0.3) is 0 Å². The van der Waals surface area contributed by atoms with E-state index in [1.165, 1.54) is 0 Å². The highest BCUT2D eigenvalue weighted by atomic mass is 35.5. The van der Waals surface area contributed by atoms with Crippen molar-refractivity contribution in [3.05, 3.63) is 28.8 Å². The molecule has 0 fully saturated rings. The Morgan fingerprint density at radius 2 is 2.23 bits per heavy atom. The first-order chi connectivity index (χ1) is 6.11. The third-order valence-electron chi connectivity index (χ3n) is 1.80. The van der Waals surface area contributed by atoms with E-state index < -0.39 is 0 Å². The predicted molar refractivity (Wildman–Crippen MR) is 56.4 cm³/mol. The van der Waals surface area contributed by atoms with Crippen LogP contribution in [0.15, 0.2) is 18.2 Å². The molecule has 1 rings (SSSR count). The van der Waals surface area contributed by atoms with Crippen LogP contribution in [-0.4, -0.2) is 17.8 Å². The molecular formula is C10H14ClNO. The molecule has 0 heterocycles. The second kappa shape index (κ2) is 4.49. The molecule has 0 spiro atoms. The van der Waals surface area contributed by atoms with Crippen molar-refractivity contribution in [3.8, 4) is 0 Å². The van der Waals surface area contributed by atoms with Gasteiger partial charge in [0.05, 0.1) is 16.8 Å². The molecule has 0 radical (unpaired) electrons. The smallest absolute Gasteiger partial charge is 0.0684 e. The molecule has 0 bridgehead atoms. The second-order valence-electron chi connectivity index (χ2n) is 3.16. The van der Waals surface area contributed by atoms with Crippen molar-refractivity contribution in [1.29, 1.82) is 0 Å². The first-order valence-corrected chi connectivity index (χ1v) is 4.66. The SMILES string of the molecule is Cc1cccc(Cl)c1NC[C@@H](C)O. The Morgan fingerprint density at radius 3 is 2.77 bits per heavy atom. The lowest BCUT2D eigenvalue weighted by molar-refractivity contribution is 0.208. The van der Waals surface area contributed by atoms with E-state index in [0.29, 0.717) is 11.6 Å². The molecule has 0 unspecified atom stereocenters. The maximum atomic E-state index is 9.09. The second-order valence-corrected chi connectivity index (χ2v) is 3.57. The first kappa shape index (κ1) is 10.4. The number of hydrogen-bond donors (Lipinski definition) is 2. The lowest BCUT2D eigenvalue weighted by atomic mass is 10.2. The average molecular weight is 200 g/mol. The van der Waals surface area contributed by atoms with E-state index in [-0.39, 0.29) is 6.10 Å². The summed E-state index contributed by atoms with van der Waals surface area (Å²) in [6.45, 7) is 4.24. The highest BCUT2D eigenvalue weighted by Gasteiger charge is 2.03. The van der Waals surface area contributed by atoms with Gasteiger partial charge >= 0.3 is 0 Å². The molecular weight excluding hydrogens is 186 g/mol. The molecule has 0 saturated heterocycles. The molecule has 0 amide bonds. The Bertz CT molecular complexity index is 266. The number of para-hydroxylation sites is 1. The molecule has 72 valence electrons. The Kier molecular flexibility index (Phi) is 3.58. The molecule has 0 saturated carbocycles. The monoisotopic (exact) mass is 199 g/mol. The van der Waals surface area contributed by atoms with Crippen LogP contribution in [0.4, 0.5) is 5.69 Å². The summed E-state index contributed by atoms with van der Waals surface area (Å²) in [5, 5.41) is 12.9. The summed E-state index contributed by atoms with van der Waals surface area (Å²) >= 11 is 5.97. The van der Waals surface area contributed by atoms with Crippen LogP contribution >= 0.6 is 11.6 Å². The molecule has 0 aliphatic heterocycles. The lowest BCUT2D eigenvalue weighted by Crippen LogP contribution is -2.16. The summed E-state index contributed by atoms with van der Waals surface area (Å²) in [5.41, 5.74) is 2.00. The zero-order valence-corrected chi connectivity index (χ0v) is 8.60. The zero-order chi connectivity index (χ0) is 9.84. The van der Waals surface area contributed by atoms with Crippen LogP contribution in [0, 0.1) is 6.92 Å². The minimum atomic E-state index is -0.365. The third-order valence-corrected chi connectivity index (χ3v) is 2.11. The Labute approximate surface area is 83.5 Å². The molecule has 0 aliphatic rings. The molecule has 13 heavy (non-hydrogen) atoms. The normalized spacial score (nSPS) is 12.6. The third kappa shape index (κ3) is 2.90. The fraction of sp³-hybridized carbons (Fsp3) is 0.400. The quantitative estimate of drug-likeness (QED) is 0.784. The van der Waals surface area contributed by atoms with Gasteiger partial charge in [-0.2, -0.15) is 0 Å². The summed E-state index contributed by atoms with van der Waals surface area (Å²) < 4.78 is 0. The minimum Gasteiger partial charge on any atom is -0.392 e. The van der Waals surface area contributed by atoms with Gasteiger partial charge in [0.15, 0.2) is 0 Å². The minimum absolute atomic E-state index is 0.365. The molecule has 0 aromatic heterocycles. The molecule has 3 heteroatoms. The summed E-state index contributed by atoms with van der Waals surface area (Å²) in [6, 6.07) is 5.72. The van der Waals surface area contributed by atoms with E-state index in [9.17, 15) is 0 Å². The predicted octanol–water partition coefficient (Wildman–Crippen LogP) is 2.44. The maximum absolute atomic E-state index is 9.09. The summed E-state index contributed by atoms with van der Waals surface area (Å²) in [4.78, 5) is 0. The van der Waals surface area contributed by atoms with Crippen LogP contribution in [0.25, 0.3) is 0 Å². The van der Waals surface area contributed by atoms with Crippen molar-refractivity contribution in [1.82, 2.24) is 0 Å². The van der Waals surface area contributed by atoms with Crippen molar-refractivity contribution < 1.29 is 5.11 Å². The fourth-order valence-electron chi connectivity index (χ4n) is 1.11. The molecule has 2 nitrogen and oxygen atoms in total. The highest BCUT2D eigenvalue weighted by molar-refractivity contribution is 6.33. The molecule has 1 atom stereocenters. The molecule has 1 aromatic rings. The molecule has 0 aliphatic carbocycles. The summed E-state index contributed by atoms with van der Waals surface area (Å²) in [7, 11) is 0. The standard InChI is InChI=1S/C10H14ClNO/c1-7-4-3-5-9(11)10(7)12-6-8(2)13/h3-5,8,12-13H,6H2,1-2H3/t8-/m1/s1. The van der Waals surface area contributed by atoms with Gasteiger partial charge in [0.1, 0.15) is 0 Å². The first-order valence-electron chi connectivity index (χ1n) is 4.28. The number of aliphatic hydroxyl groups excluding tert-OH is 1. The van der Waals surface area contributed by atoms with Crippen LogP contribution in [-0.2, 0) is 0 Å². The van der Waals surface area contributed by atoms with E-state index >= 15 is 0 Å². The Balaban J connectivity index is 2.75. The number of rotatable bonds is 3. The van der Waals surface area contributed by atoms with Gasteiger partial charge in [-0.25, -0.2) is 0 Å². The Morgan fingerprint density at radius 1 is 1.54 bits per heavy atom. The number of anilines is 1. The van der Waals surface area contributed by atoms with E-state index in [0.717, 1.165) is 11.3 Å². The largest absolute Gasteiger partial charge is 0.392 e. The lowest BCUT2D eigenvalue weighted by Gasteiger charge is -2.12. The Hall–Kier alpha value is -0.730. The van der Waals surface area contributed by atoms with Crippen molar-refractivity contribution >= 4 is 17.3 Å². The van der Waals surface area contributed by atoms with E-state index in [4.69, 9.17) is 16.7 Å². The van der Waals surface area contributed by atoms with Crippen LogP contribution < -0.4 is 5.32 Å². The van der Waals surface area contributed by atoms with E-state index in [1.807, 2.05) is 25.1 Å². The van der Waals surface area contributed by atoms with Crippen molar-refractivity contribution in [3.63, 3.8) is 0 Å². The number of halogens is 1.